The molecule has 3 atom stereocenters. The van der Waals surface area contributed by atoms with Gasteiger partial charge in [0, 0.05) is 18.8 Å². The first-order chi connectivity index (χ1) is 8.04. The monoisotopic (exact) mass is 241 g/mol. The number of hydrogen-bond donors (Lipinski definition) is 2. The second kappa shape index (κ2) is 6.21. The number of rotatable bonds is 6. The highest BCUT2D eigenvalue weighted by Crippen LogP contribution is 2.33. The van der Waals surface area contributed by atoms with Crippen LogP contribution in [0.15, 0.2) is 0 Å². The average molecular weight is 241 g/mol. The highest BCUT2D eigenvalue weighted by Gasteiger charge is 2.37. The van der Waals surface area contributed by atoms with Gasteiger partial charge in [-0.25, -0.2) is 0 Å². The number of nitrogens with zero attached hydrogens (tertiary/aromatic N) is 1. The Morgan fingerprint density at radius 2 is 1.82 bits per heavy atom. The first kappa shape index (κ1) is 13.5. The van der Waals surface area contributed by atoms with Crippen LogP contribution in [0.2, 0.25) is 0 Å². The van der Waals surface area contributed by atoms with Crippen molar-refractivity contribution in [2.75, 3.05) is 6.61 Å². The standard InChI is InChI=1S/C11H15NO5/c12-5-9-8(2-4-11(15)16)7(6-17-9)1-3-10(13)14/h7-9H,1-4,6H2,(H,13,14)(H,15,16). The van der Waals surface area contributed by atoms with Crippen molar-refractivity contribution in [2.45, 2.75) is 31.8 Å². The fourth-order valence-electron chi connectivity index (χ4n) is 2.14. The molecule has 0 saturated carbocycles. The molecule has 1 aliphatic rings. The predicted molar refractivity (Wildman–Crippen MR) is 56.1 cm³/mol. The molecule has 0 aliphatic carbocycles. The Labute approximate surface area is 98.8 Å². The van der Waals surface area contributed by atoms with Gasteiger partial charge in [-0.3, -0.25) is 9.59 Å². The van der Waals surface area contributed by atoms with Gasteiger partial charge in [0.15, 0.2) is 0 Å². The van der Waals surface area contributed by atoms with Gasteiger partial charge < -0.3 is 14.9 Å². The Morgan fingerprint density at radius 1 is 1.24 bits per heavy atom. The zero-order valence-corrected chi connectivity index (χ0v) is 9.33. The lowest BCUT2D eigenvalue weighted by molar-refractivity contribution is -0.138. The second-order valence-electron chi connectivity index (χ2n) is 4.17. The maximum absolute atomic E-state index is 10.5. The minimum absolute atomic E-state index is 0.0181. The van der Waals surface area contributed by atoms with Crippen molar-refractivity contribution >= 4 is 11.9 Å². The van der Waals surface area contributed by atoms with Crippen molar-refractivity contribution in [3.05, 3.63) is 0 Å². The zero-order chi connectivity index (χ0) is 12.8. The number of hydrogen-bond acceptors (Lipinski definition) is 4. The second-order valence-corrected chi connectivity index (χ2v) is 4.17. The fourth-order valence-corrected chi connectivity index (χ4v) is 2.14. The molecule has 3 unspecified atom stereocenters. The van der Waals surface area contributed by atoms with Crippen molar-refractivity contribution in [1.29, 1.82) is 5.26 Å². The molecule has 6 nitrogen and oxygen atoms in total. The lowest BCUT2D eigenvalue weighted by Gasteiger charge is -2.17. The van der Waals surface area contributed by atoms with Gasteiger partial charge in [0.1, 0.15) is 6.10 Å². The molecule has 0 aromatic rings. The van der Waals surface area contributed by atoms with E-state index < -0.39 is 18.0 Å². The number of carbonyl (C=O) groups is 2. The minimum atomic E-state index is -0.912. The summed E-state index contributed by atoms with van der Waals surface area (Å²) in [4.78, 5) is 21.0. The van der Waals surface area contributed by atoms with Gasteiger partial charge in [0.05, 0.1) is 12.7 Å². The van der Waals surface area contributed by atoms with Crippen LogP contribution in [0, 0.1) is 23.2 Å². The van der Waals surface area contributed by atoms with E-state index in [0.29, 0.717) is 19.4 Å². The van der Waals surface area contributed by atoms with Gasteiger partial charge in [0.2, 0.25) is 0 Å². The van der Waals surface area contributed by atoms with Gasteiger partial charge in [-0.05, 0) is 18.8 Å². The van der Waals surface area contributed by atoms with Crippen LogP contribution >= 0.6 is 0 Å². The maximum Gasteiger partial charge on any atom is 0.303 e. The molecule has 1 heterocycles. The quantitative estimate of drug-likeness (QED) is 0.714. The molecular formula is C11H15NO5. The molecule has 1 fully saturated rings. The molecule has 0 aromatic carbocycles. The third-order valence-corrected chi connectivity index (χ3v) is 3.03. The molecule has 0 bridgehead atoms. The van der Waals surface area contributed by atoms with Crippen LogP contribution in [0.4, 0.5) is 0 Å². The van der Waals surface area contributed by atoms with E-state index in [1.165, 1.54) is 0 Å². The molecule has 1 aliphatic heterocycles. The van der Waals surface area contributed by atoms with Crippen LogP contribution in [0.1, 0.15) is 25.7 Å². The van der Waals surface area contributed by atoms with Gasteiger partial charge in [0.25, 0.3) is 0 Å². The first-order valence-corrected chi connectivity index (χ1v) is 5.49. The molecule has 6 heteroatoms. The fraction of sp³-hybridized carbons (Fsp3) is 0.727. The summed E-state index contributed by atoms with van der Waals surface area (Å²) in [5.74, 6) is -2.00. The minimum Gasteiger partial charge on any atom is -0.481 e. The van der Waals surface area contributed by atoms with E-state index in [2.05, 4.69) is 0 Å². The molecule has 17 heavy (non-hydrogen) atoms. The van der Waals surface area contributed by atoms with E-state index in [1.807, 2.05) is 6.07 Å². The lowest BCUT2D eigenvalue weighted by atomic mass is 9.84. The van der Waals surface area contributed by atoms with E-state index in [-0.39, 0.29) is 24.7 Å². The highest BCUT2D eigenvalue weighted by atomic mass is 16.5. The Bertz CT molecular complexity index is 335. The number of carboxylic acids is 2. The Kier molecular flexibility index (Phi) is 4.91. The molecular weight excluding hydrogens is 226 g/mol. The Morgan fingerprint density at radius 3 is 2.35 bits per heavy atom. The van der Waals surface area contributed by atoms with E-state index >= 15 is 0 Å². The smallest absolute Gasteiger partial charge is 0.303 e. The largest absolute Gasteiger partial charge is 0.481 e. The summed E-state index contributed by atoms with van der Waals surface area (Å²) >= 11 is 0. The van der Waals surface area contributed by atoms with Gasteiger partial charge in [-0.2, -0.15) is 5.26 Å². The summed E-state index contributed by atoms with van der Waals surface area (Å²) < 4.78 is 5.24. The number of ether oxygens (including phenoxy) is 1. The van der Waals surface area contributed by atoms with Crippen molar-refractivity contribution in [1.82, 2.24) is 0 Å². The van der Waals surface area contributed by atoms with Gasteiger partial charge in [-0.15, -0.1) is 0 Å². The highest BCUT2D eigenvalue weighted by molar-refractivity contribution is 5.67. The van der Waals surface area contributed by atoms with Crippen LogP contribution in [0.5, 0.6) is 0 Å². The first-order valence-electron chi connectivity index (χ1n) is 5.49. The Hall–Kier alpha value is -1.61. The summed E-state index contributed by atoms with van der Waals surface area (Å²) in [7, 11) is 0. The number of aliphatic carboxylic acids is 2. The Balaban J connectivity index is 2.53. The van der Waals surface area contributed by atoms with E-state index in [9.17, 15) is 9.59 Å². The average Bonchev–Trinajstić information content (AvgIpc) is 2.65. The molecule has 1 rings (SSSR count). The maximum atomic E-state index is 10.5. The molecule has 1 saturated heterocycles. The normalized spacial score (nSPS) is 27.6. The van der Waals surface area contributed by atoms with Crippen LogP contribution in [0.25, 0.3) is 0 Å². The summed E-state index contributed by atoms with van der Waals surface area (Å²) in [6.07, 6.45) is 0.189. The molecule has 0 aromatic heterocycles. The third kappa shape index (κ3) is 4.04. The van der Waals surface area contributed by atoms with Crippen molar-refractivity contribution in [3.63, 3.8) is 0 Å². The third-order valence-electron chi connectivity index (χ3n) is 3.03. The summed E-state index contributed by atoms with van der Waals surface area (Å²) in [6, 6.07) is 1.99. The van der Waals surface area contributed by atoms with Crippen molar-refractivity contribution in [3.8, 4) is 6.07 Å². The van der Waals surface area contributed by atoms with Crippen LogP contribution in [-0.2, 0) is 14.3 Å². The SMILES string of the molecule is N#CC1OCC(CCC(=O)O)C1CCC(=O)O. The van der Waals surface area contributed by atoms with Gasteiger partial charge in [-0.1, -0.05) is 0 Å². The molecule has 2 N–H and O–H groups in total. The molecule has 0 amide bonds. The van der Waals surface area contributed by atoms with Crippen LogP contribution in [-0.4, -0.2) is 34.9 Å². The molecule has 0 spiro atoms. The summed E-state index contributed by atoms with van der Waals surface area (Å²) in [5, 5.41) is 26.1. The van der Waals surface area contributed by atoms with Gasteiger partial charge >= 0.3 is 11.9 Å². The number of carboxylic acid groups (broad SMARTS) is 2. The van der Waals surface area contributed by atoms with Crippen molar-refractivity contribution in [2.24, 2.45) is 11.8 Å². The van der Waals surface area contributed by atoms with E-state index in [1.54, 1.807) is 0 Å². The van der Waals surface area contributed by atoms with Crippen molar-refractivity contribution < 1.29 is 24.5 Å². The summed E-state index contributed by atoms with van der Waals surface area (Å²) in [6.45, 7) is 0.343. The van der Waals surface area contributed by atoms with E-state index in [0.717, 1.165) is 0 Å². The molecule has 0 radical (unpaired) electrons. The van der Waals surface area contributed by atoms with E-state index in [4.69, 9.17) is 20.2 Å². The zero-order valence-electron chi connectivity index (χ0n) is 9.33. The predicted octanol–water partition coefficient (Wildman–Crippen LogP) is 0.871. The molecule has 94 valence electrons. The van der Waals surface area contributed by atoms with Crippen LogP contribution < -0.4 is 0 Å². The topological polar surface area (TPSA) is 108 Å². The van der Waals surface area contributed by atoms with Crippen LogP contribution in [0.3, 0.4) is 0 Å². The summed E-state index contributed by atoms with van der Waals surface area (Å²) in [5.41, 5.74) is 0. The lowest BCUT2D eigenvalue weighted by Crippen LogP contribution is -2.21. The number of nitriles is 1.